The number of sulfonamides is 1. The molecule has 1 fully saturated rings. The predicted octanol–water partition coefficient (Wildman–Crippen LogP) is 1.05. The van der Waals surface area contributed by atoms with Gasteiger partial charge in [0.25, 0.3) is 0 Å². The third-order valence-electron chi connectivity index (χ3n) is 3.26. The number of pyridine rings is 1. The second-order valence-corrected chi connectivity index (χ2v) is 6.52. The number of aromatic nitrogens is 1. The molecule has 19 heavy (non-hydrogen) atoms. The normalized spacial score (nSPS) is 18.5. The van der Waals surface area contributed by atoms with Crippen molar-refractivity contribution in [1.82, 2.24) is 9.71 Å². The van der Waals surface area contributed by atoms with Gasteiger partial charge >= 0.3 is 0 Å². The van der Waals surface area contributed by atoms with Crippen molar-refractivity contribution in [2.75, 3.05) is 6.54 Å². The summed E-state index contributed by atoms with van der Waals surface area (Å²) in [5.41, 5.74) is 4.97. The van der Waals surface area contributed by atoms with Crippen LogP contribution in [-0.2, 0) is 10.0 Å². The summed E-state index contributed by atoms with van der Waals surface area (Å²) >= 11 is 0. The van der Waals surface area contributed by atoms with E-state index in [0.29, 0.717) is 0 Å². The Kier molecular flexibility index (Phi) is 4.89. The molecule has 0 amide bonds. The van der Waals surface area contributed by atoms with Crippen molar-refractivity contribution < 1.29 is 12.8 Å². The summed E-state index contributed by atoms with van der Waals surface area (Å²) in [7, 11) is -3.79. The first-order chi connectivity index (χ1) is 8.37. The van der Waals surface area contributed by atoms with Crippen molar-refractivity contribution in [2.45, 2.75) is 30.2 Å². The molecule has 1 aromatic rings. The molecule has 1 aliphatic rings. The first kappa shape index (κ1) is 16.3. The van der Waals surface area contributed by atoms with E-state index in [1.165, 1.54) is 0 Å². The van der Waals surface area contributed by atoms with Crippen LogP contribution in [0.25, 0.3) is 0 Å². The molecule has 0 aromatic carbocycles. The van der Waals surface area contributed by atoms with Crippen LogP contribution in [0.2, 0.25) is 0 Å². The van der Waals surface area contributed by atoms with Gasteiger partial charge in [0.05, 0.1) is 6.20 Å². The molecule has 0 bridgehead atoms. The first-order valence-corrected chi connectivity index (χ1v) is 7.20. The molecule has 5 nitrogen and oxygen atoms in total. The Labute approximate surface area is 118 Å². The van der Waals surface area contributed by atoms with Gasteiger partial charge in [-0.3, -0.25) is 4.98 Å². The molecule has 0 spiro atoms. The quantitative estimate of drug-likeness (QED) is 0.851. The zero-order chi connectivity index (χ0) is 13.4. The highest BCUT2D eigenvalue weighted by Gasteiger charge is 2.43. The summed E-state index contributed by atoms with van der Waals surface area (Å²) in [6.45, 7) is 1.98. The molecule has 3 N–H and O–H groups in total. The molecule has 0 saturated heterocycles. The molecular formula is C11H17ClFN3O2S. The lowest BCUT2D eigenvalue weighted by Gasteiger charge is -2.28. The molecule has 1 aromatic heterocycles. The van der Waals surface area contributed by atoms with Crippen LogP contribution >= 0.6 is 12.4 Å². The Morgan fingerprint density at radius 2 is 2.16 bits per heavy atom. The van der Waals surface area contributed by atoms with Gasteiger partial charge in [0.1, 0.15) is 10.7 Å². The summed E-state index contributed by atoms with van der Waals surface area (Å²) in [4.78, 5) is 3.36. The number of hydrogen-bond donors (Lipinski definition) is 2. The maximum Gasteiger partial charge on any atom is 0.242 e. The molecule has 2 rings (SSSR count). The first-order valence-electron chi connectivity index (χ1n) is 5.72. The van der Waals surface area contributed by atoms with Gasteiger partial charge in [-0.05, 0) is 31.7 Å². The van der Waals surface area contributed by atoms with E-state index in [-0.39, 0.29) is 29.8 Å². The van der Waals surface area contributed by atoms with E-state index >= 15 is 0 Å². The van der Waals surface area contributed by atoms with Gasteiger partial charge in [-0.25, -0.2) is 17.5 Å². The summed E-state index contributed by atoms with van der Waals surface area (Å²) in [5.74, 6) is -0.433. The Morgan fingerprint density at radius 3 is 2.63 bits per heavy atom. The van der Waals surface area contributed by atoms with Crippen LogP contribution < -0.4 is 10.5 Å². The molecule has 0 radical (unpaired) electrons. The van der Waals surface area contributed by atoms with Crippen molar-refractivity contribution in [1.29, 1.82) is 0 Å². The highest BCUT2D eigenvalue weighted by atomic mass is 35.5. The van der Waals surface area contributed by atoms with E-state index in [2.05, 4.69) is 9.71 Å². The molecule has 1 unspecified atom stereocenters. The number of nitrogens with zero attached hydrogens (tertiary/aromatic N) is 1. The van der Waals surface area contributed by atoms with Crippen LogP contribution in [0.15, 0.2) is 23.4 Å². The van der Waals surface area contributed by atoms with Gasteiger partial charge in [-0.1, -0.05) is 0 Å². The highest BCUT2D eigenvalue weighted by Crippen LogP contribution is 2.39. The molecule has 1 saturated carbocycles. The molecule has 1 heterocycles. The minimum absolute atomic E-state index is 0. The number of nitrogens with two attached hydrogens (primary N) is 1. The smallest absolute Gasteiger partial charge is 0.242 e. The lowest BCUT2D eigenvalue weighted by Crippen LogP contribution is -2.52. The monoisotopic (exact) mass is 309 g/mol. The average Bonchev–Trinajstić information content (AvgIpc) is 3.12. The topological polar surface area (TPSA) is 85.1 Å². The standard InChI is InChI=1S/C11H16FN3O2S.ClH/c1-11(7-13,8-2-3-8)15-18(16,17)10-4-9(12)5-14-6-10;/h4-6,8,15H,2-3,7,13H2,1H3;1H. The Bertz CT molecular complexity index is 551. The van der Waals surface area contributed by atoms with Gasteiger partial charge in [0.2, 0.25) is 10.0 Å². The van der Waals surface area contributed by atoms with E-state index in [4.69, 9.17) is 5.73 Å². The zero-order valence-corrected chi connectivity index (χ0v) is 12.1. The zero-order valence-electron chi connectivity index (χ0n) is 10.5. The van der Waals surface area contributed by atoms with Crippen LogP contribution in [-0.4, -0.2) is 25.5 Å². The third-order valence-corrected chi connectivity index (χ3v) is 4.84. The van der Waals surface area contributed by atoms with E-state index in [9.17, 15) is 12.8 Å². The maximum absolute atomic E-state index is 13.0. The second kappa shape index (κ2) is 5.70. The largest absolute Gasteiger partial charge is 0.329 e. The molecule has 0 aliphatic heterocycles. The van der Waals surface area contributed by atoms with E-state index in [1.54, 1.807) is 6.92 Å². The predicted molar refractivity (Wildman–Crippen MR) is 71.9 cm³/mol. The van der Waals surface area contributed by atoms with E-state index in [0.717, 1.165) is 31.3 Å². The van der Waals surface area contributed by atoms with E-state index < -0.39 is 21.4 Å². The molecular weight excluding hydrogens is 293 g/mol. The van der Waals surface area contributed by atoms with Crippen molar-refractivity contribution in [2.24, 2.45) is 11.7 Å². The lowest BCUT2D eigenvalue weighted by atomic mass is 9.98. The van der Waals surface area contributed by atoms with Gasteiger partial charge < -0.3 is 5.73 Å². The van der Waals surface area contributed by atoms with Crippen molar-refractivity contribution in [3.05, 3.63) is 24.3 Å². The van der Waals surface area contributed by atoms with Crippen molar-refractivity contribution >= 4 is 22.4 Å². The second-order valence-electron chi connectivity index (χ2n) is 4.84. The van der Waals surface area contributed by atoms with Crippen LogP contribution in [0.4, 0.5) is 4.39 Å². The fraction of sp³-hybridized carbons (Fsp3) is 0.545. The third kappa shape index (κ3) is 3.62. The molecule has 8 heteroatoms. The van der Waals surface area contributed by atoms with Crippen LogP contribution in [0.5, 0.6) is 0 Å². The summed E-state index contributed by atoms with van der Waals surface area (Å²) in [6, 6.07) is 0.944. The number of rotatable bonds is 5. The van der Waals surface area contributed by atoms with Gasteiger partial charge in [0.15, 0.2) is 0 Å². The Morgan fingerprint density at radius 1 is 1.53 bits per heavy atom. The van der Waals surface area contributed by atoms with Crippen LogP contribution in [0.1, 0.15) is 19.8 Å². The fourth-order valence-electron chi connectivity index (χ4n) is 1.92. The van der Waals surface area contributed by atoms with Crippen molar-refractivity contribution in [3.8, 4) is 0 Å². The van der Waals surface area contributed by atoms with Gasteiger partial charge in [0, 0.05) is 18.3 Å². The Hall–Kier alpha value is -0.760. The minimum atomic E-state index is -3.79. The summed E-state index contributed by atoms with van der Waals surface area (Å²) < 4.78 is 39.8. The summed E-state index contributed by atoms with van der Waals surface area (Å²) in [5, 5.41) is 0. The number of halogens is 2. The molecule has 1 aliphatic carbocycles. The lowest BCUT2D eigenvalue weighted by molar-refractivity contribution is 0.374. The summed E-state index contributed by atoms with van der Waals surface area (Å²) in [6.07, 6.45) is 3.99. The van der Waals surface area contributed by atoms with Gasteiger partial charge in [-0.15, -0.1) is 12.4 Å². The Balaban J connectivity index is 0.00000180. The van der Waals surface area contributed by atoms with Gasteiger partial charge in [-0.2, -0.15) is 0 Å². The molecule has 1 atom stereocenters. The number of hydrogen-bond acceptors (Lipinski definition) is 4. The molecule has 108 valence electrons. The average molecular weight is 310 g/mol. The maximum atomic E-state index is 13.0. The van der Waals surface area contributed by atoms with Crippen LogP contribution in [0, 0.1) is 11.7 Å². The number of nitrogens with one attached hydrogen (secondary N) is 1. The van der Waals surface area contributed by atoms with Crippen LogP contribution in [0.3, 0.4) is 0 Å². The van der Waals surface area contributed by atoms with E-state index in [1.807, 2.05) is 0 Å². The van der Waals surface area contributed by atoms with Crippen molar-refractivity contribution in [3.63, 3.8) is 0 Å². The fourth-order valence-corrected chi connectivity index (χ4v) is 3.37. The highest BCUT2D eigenvalue weighted by molar-refractivity contribution is 7.89. The SMILES string of the molecule is CC(CN)(NS(=O)(=O)c1cncc(F)c1)C1CC1.Cl. The minimum Gasteiger partial charge on any atom is -0.329 e.